The highest BCUT2D eigenvalue weighted by molar-refractivity contribution is 7.89. The molecule has 5 nitrogen and oxygen atoms in total. The Morgan fingerprint density at radius 3 is 2.35 bits per heavy atom. The first-order valence-corrected chi connectivity index (χ1v) is 9.58. The lowest BCUT2D eigenvalue weighted by atomic mass is 10.1. The van der Waals surface area contributed by atoms with Gasteiger partial charge in [0.1, 0.15) is 0 Å². The summed E-state index contributed by atoms with van der Waals surface area (Å²) in [5, 5.41) is 0. The molecule has 2 rings (SSSR count). The van der Waals surface area contributed by atoms with Gasteiger partial charge >= 0.3 is 0 Å². The Hall–Kier alpha value is -0.950. The van der Waals surface area contributed by atoms with Gasteiger partial charge in [0.15, 0.2) is 0 Å². The Kier molecular flexibility index (Phi) is 6.19. The standard InChI is InChI=1S/C17H28N2O3S/c1-14-5-6-17(15(2)13-14)23(20,21)19(10-9-18(3)4)16-7-11-22-12-8-16/h5-6,13,16H,7-12H2,1-4H3. The third kappa shape index (κ3) is 4.53. The summed E-state index contributed by atoms with van der Waals surface area (Å²) in [6, 6.07) is 5.56. The van der Waals surface area contributed by atoms with Crippen LogP contribution in [0.4, 0.5) is 0 Å². The number of aryl methyl sites for hydroxylation is 2. The van der Waals surface area contributed by atoms with Crippen molar-refractivity contribution in [1.29, 1.82) is 0 Å². The van der Waals surface area contributed by atoms with Crippen LogP contribution in [-0.4, -0.2) is 64.1 Å². The molecule has 1 fully saturated rings. The molecule has 0 N–H and O–H groups in total. The van der Waals surface area contributed by atoms with Gasteiger partial charge in [-0.1, -0.05) is 17.7 Å². The van der Waals surface area contributed by atoms with E-state index in [1.165, 1.54) is 0 Å². The number of benzene rings is 1. The van der Waals surface area contributed by atoms with Crippen molar-refractivity contribution in [3.05, 3.63) is 29.3 Å². The van der Waals surface area contributed by atoms with Gasteiger partial charge in [0.25, 0.3) is 0 Å². The Balaban J connectivity index is 2.34. The molecule has 0 spiro atoms. The highest BCUT2D eigenvalue weighted by atomic mass is 32.2. The average Bonchev–Trinajstić information content (AvgIpc) is 2.47. The van der Waals surface area contributed by atoms with Gasteiger partial charge in [-0.2, -0.15) is 4.31 Å². The highest BCUT2D eigenvalue weighted by Gasteiger charge is 2.33. The lowest BCUT2D eigenvalue weighted by molar-refractivity contribution is 0.0573. The van der Waals surface area contributed by atoms with Gasteiger partial charge in [-0.15, -0.1) is 0 Å². The minimum atomic E-state index is -3.49. The zero-order valence-electron chi connectivity index (χ0n) is 14.6. The third-order valence-corrected chi connectivity index (χ3v) is 6.39. The van der Waals surface area contributed by atoms with Crippen LogP contribution in [0.5, 0.6) is 0 Å². The second kappa shape index (κ2) is 7.75. The molecule has 1 saturated heterocycles. The van der Waals surface area contributed by atoms with Gasteiger partial charge < -0.3 is 9.64 Å². The van der Waals surface area contributed by atoms with E-state index in [0.29, 0.717) is 31.2 Å². The van der Waals surface area contributed by atoms with Crippen molar-refractivity contribution in [2.45, 2.75) is 37.6 Å². The van der Waals surface area contributed by atoms with Crippen LogP contribution in [0.15, 0.2) is 23.1 Å². The predicted octanol–water partition coefficient (Wildman–Crippen LogP) is 2.03. The van der Waals surface area contributed by atoms with E-state index in [0.717, 1.165) is 24.0 Å². The second-order valence-corrected chi connectivity index (χ2v) is 8.39. The first-order valence-electron chi connectivity index (χ1n) is 8.14. The molecule has 6 heteroatoms. The molecule has 0 bridgehead atoms. The fourth-order valence-electron chi connectivity index (χ4n) is 2.99. The zero-order chi connectivity index (χ0) is 17.0. The summed E-state index contributed by atoms with van der Waals surface area (Å²) in [6.07, 6.45) is 1.52. The molecule has 1 aliphatic rings. The molecule has 1 aromatic carbocycles. The summed E-state index contributed by atoms with van der Waals surface area (Å²) in [5.41, 5.74) is 1.89. The van der Waals surface area contributed by atoms with E-state index in [1.807, 2.05) is 45.0 Å². The average molecular weight is 340 g/mol. The van der Waals surface area contributed by atoms with E-state index in [2.05, 4.69) is 0 Å². The first-order chi connectivity index (χ1) is 10.8. The van der Waals surface area contributed by atoms with Crippen LogP contribution in [0, 0.1) is 13.8 Å². The van der Waals surface area contributed by atoms with Gasteiger partial charge in [-0.25, -0.2) is 8.42 Å². The van der Waals surface area contributed by atoms with Crippen molar-refractivity contribution in [2.24, 2.45) is 0 Å². The van der Waals surface area contributed by atoms with Crippen molar-refractivity contribution in [3.63, 3.8) is 0 Å². The van der Waals surface area contributed by atoms with Crippen molar-refractivity contribution < 1.29 is 13.2 Å². The van der Waals surface area contributed by atoms with Gasteiger partial charge in [-0.3, -0.25) is 0 Å². The minimum absolute atomic E-state index is 0.0226. The summed E-state index contributed by atoms with van der Waals surface area (Å²) in [4.78, 5) is 2.44. The van der Waals surface area contributed by atoms with Crippen LogP contribution in [0.3, 0.4) is 0 Å². The van der Waals surface area contributed by atoms with Crippen LogP contribution < -0.4 is 0 Å². The van der Waals surface area contributed by atoms with E-state index >= 15 is 0 Å². The maximum atomic E-state index is 13.2. The van der Waals surface area contributed by atoms with Crippen LogP contribution in [0.1, 0.15) is 24.0 Å². The molecule has 0 aliphatic carbocycles. The van der Waals surface area contributed by atoms with E-state index < -0.39 is 10.0 Å². The Morgan fingerprint density at radius 2 is 1.78 bits per heavy atom. The predicted molar refractivity (Wildman–Crippen MR) is 92.2 cm³/mol. The second-order valence-electron chi connectivity index (χ2n) is 6.53. The monoisotopic (exact) mass is 340 g/mol. The number of rotatable bonds is 6. The van der Waals surface area contributed by atoms with Gasteiger partial charge in [0.05, 0.1) is 4.90 Å². The molecule has 1 heterocycles. The molecule has 0 unspecified atom stereocenters. The van der Waals surface area contributed by atoms with Gasteiger partial charge in [0, 0.05) is 32.3 Å². The molecule has 0 saturated carbocycles. The summed E-state index contributed by atoms with van der Waals surface area (Å²) < 4.78 is 33.6. The number of nitrogens with zero attached hydrogens (tertiary/aromatic N) is 2. The maximum absolute atomic E-state index is 13.2. The lowest BCUT2D eigenvalue weighted by Crippen LogP contribution is -2.46. The number of likely N-dealkylation sites (N-methyl/N-ethyl adjacent to an activating group) is 1. The largest absolute Gasteiger partial charge is 0.381 e. The van der Waals surface area contributed by atoms with Crippen molar-refractivity contribution in [2.75, 3.05) is 40.4 Å². The van der Waals surface area contributed by atoms with Crippen LogP contribution in [-0.2, 0) is 14.8 Å². The summed E-state index contributed by atoms with van der Waals surface area (Å²) in [7, 11) is 0.436. The van der Waals surface area contributed by atoms with E-state index in [1.54, 1.807) is 10.4 Å². The van der Waals surface area contributed by atoms with Gasteiger partial charge in [0.2, 0.25) is 10.0 Å². The summed E-state index contributed by atoms with van der Waals surface area (Å²) in [5.74, 6) is 0. The lowest BCUT2D eigenvalue weighted by Gasteiger charge is -2.34. The molecule has 0 radical (unpaired) electrons. The molecule has 1 aromatic rings. The topological polar surface area (TPSA) is 49.9 Å². The van der Waals surface area contributed by atoms with E-state index in [4.69, 9.17) is 4.74 Å². The quantitative estimate of drug-likeness (QED) is 0.795. The maximum Gasteiger partial charge on any atom is 0.243 e. The van der Waals surface area contributed by atoms with Crippen molar-refractivity contribution in [1.82, 2.24) is 9.21 Å². The Labute approximate surface area is 140 Å². The smallest absolute Gasteiger partial charge is 0.243 e. The Morgan fingerprint density at radius 1 is 1.13 bits per heavy atom. The molecule has 1 aliphatic heterocycles. The van der Waals surface area contributed by atoms with Crippen LogP contribution in [0.2, 0.25) is 0 Å². The summed E-state index contributed by atoms with van der Waals surface area (Å²) >= 11 is 0. The minimum Gasteiger partial charge on any atom is -0.381 e. The van der Waals surface area contributed by atoms with Gasteiger partial charge in [-0.05, 0) is 52.4 Å². The molecule has 130 valence electrons. The van der Waals surface area contributed by atoms with E-state index in [9.17, 15) is 8.42 Å². The van der Waals surface area contributed by atoms with Crippen molar-refractivity contribution >= 4 is 10.0 Å². The molecule has 0 aromatic heterocycles. The molecule has 0 amide bonds. The molecule has 0 atom stereocenters. The molecular weight excluding hydrogens is 312 g/mol. The third-order valence-electron chi connectivity index (χ3n) is 4.28. The van der Waals surface area contributed by atoms with Crippen LogP contribution >= 0.6 is 0 Å². The first kappa shape index (κ1) is 18.4. The number of sulfonamides is 1. The number of hydrogen-bond acceptors (Lipinski definition) is 4. The Bertz CT molecular complexity index is 623. The van der Waals surface area contributed by atoms with E-state index in [-0.39, 0.29) is 6.04 Å². The molecular formula is C17H28N2O3S. The highest BCUT2D eigenvalue weighted by Crippen LogP contribution is 2.26. The zero-order valence-corrected chi connectivity index (χ0v) is 15.4. The SMILES string of the molecule is Cc1ccc(S(=O)(=O)N(CCN(C)C)C2CCOCC2)c(C)c1. The fourth-order valence-corrected chi connectivity index (χ4v) is 4.87. The fraction of sp³-hybridized carbons (Fsp3) is 0.647. The normalized spacial score (nSPS) is 17.1. The summed E-state index contributed by atoms with van der Waals surface area (Å²) in [6.45, 7) is 6.32. The van der Waals surface area contributed by atoms with Crippen molar-refractivity contribution in [3.8, 4) is 0 Å². The number of ether oxygens (including phenoxy) is 1. The molecule has 23 heavy (non-hydrogen) atoms. The number of hydrogen-bond donors (Lipinski definition) is 0. The van der Waals surface area contributed by atoms with Crippen LogP contribution in [0.25, 0.3) is 0 Å².